The van der Waals surface area contributed by atoms with Gasteiger partial charge in [0, 0.05) is 18.3 Å². The number of nitrogens with zero attached hydrogens (tertiary/aromatic N) is 3. The lowest BCUT2D eigenvalue weighted by molar-refractivity contribution is -0.162. The molecule has 4 bridgehead atoms. The topological polar surface area (TPSA) is 115 Å². The van der Waals surface area contributed by atoms with E-state index in [2.05, 4.69) is 23.0 Å². The summed E-state index contributed by atoms with van der Waals surface area (Å²) in [5.74, 6) is -1.87. The van der Waals surface area contributed by atoms with Crippen LogP contribution in [0.4, 0.5) is 0 Å². The van der Waals surface area contributed by atoms with Crippen LogP contribution in [0.2, 0.25) is 0 Å². The van der Waals surface area contributed by atoms with Crippen LogP contribution in [-0.2, 0) is 9.59 Å². The van der Waals surface area contributed by atoms with Crippen LogP contribution in [0.5, 0.6) is 0 Å². The van der Waals surface area contributed by atoms with E-state index in [0.717, 1.165) is 22.4 Å². The summed E-state index contributed by atoms with van der Waals surface area (Å²) in [6.45, 7) is 5.99. The number of fused-ring (bicyclic) bond motifs is 7. The molecule has 8 atom stereocenters. The molecule has 8 nitrogen and oxygen atoms in total. The summed E-state index contributed by atoms with van der Waals surface area (Å²) in [6, 6.07) is 7.21. The molecule has 0 saturated heterocycles. The van der Waals surface area contributed by atoms with Gasteiger partial charge in [-0.25, -0.2) is 4.79 Å². The van der Waals surface area contributed by atoms with Crippen molar-refractivity contribution in [2.45, 2.75) is 50.7 Å². The van der Waals surface area contributed by atoms with E-state index >= 15 is 0 Å². The van der Waals surface area contributed by atoms with Gasteiger partial charge in [0.05, 0.1) is 23.0 Å². The van der Waals surface area contributed by atoms with Gasteiger partial charge in [0.2, 0.25) is 0 Å². The Labute approximate surface area is 196 Å². The molecule has 7 rings (SSSR count). The average molecular weight is 462 g/mol. The van der Waals surface area contributed by atoms with E-state index in [1.807, 2.05) is 19.1 Å². The van der Waals surface area contributed by atoms with E-state index in [1.54, 1.807) is 12.1 Å². The highest BCUT2D eigenvalue weighted by Crippen LogP contribution is 2.74. The molecule has 1 heterocycles. The van der Waals surface area contributed by atoms with Gasteiger partial charge in [-0.05, 0) is 66.9 Å². The predicted molar refractivity (Wildman–Crippen MR) is 120 cm³/mol. The van der Waals surface area contributed by atoms with Crippen LogP contribution in [-0.4, -0.2) is 48.8 Å². The van der Waals surface area contributed by atoms with Crippen molar-refractivity contribution in [3.63, 3.8) is 0 Å². The van der Waals surface area contributed by atoms with Gasteiger partial charge in [-0.15, -0.1) is 5.10 Å². The van der Waals surface area contributed by atoms with Gasteiger partial charge in [0.25, 0.3) is 0 Å². The number of rotatable bonds is 2. The van der Waals surface area contributed by atoms with Crippen molar-refractivity contribution >= 4 is 22.8 Å². The summed E-state index contributed by atoms with van der Waals surface area (Å²) < 4.78 is 0. The first-order valence-electron chi connectivity index (χ1n) is 12.1. The Hall–Kier alpha value is -2.84. The van der Waals surface area contributed by atoms with E-state index < -0.39 is 40.3 Å². The number of carbonyl (C=O) groups excluding carboxylic acids is 2. The Morgan fingerprint density at radius 2 is 2.12 bits per heavy atom. The average Bonchev–Trinajstić information content (AvgIpc) is 3.42. The van der Waals surface area contributed by atoms with Gasteiger partial charge < -0.3 is 15.1 Å². The lowest BCUT2D eigenvalue weighted by Crippen LogP contribution is -2.51. The summed E-state index contributed by atoms with van der Waals surface area (Å²) >= 11 is 0. The summed E-state index contributed by atoms with van der Waals surface area (Å²) in [5.41, 5.74) is 0.352. The molecule has 5 aliphatic carbocycles. The van der Waals surface area contributed by atoms with Crippen LogP contribution in [0.15, 0.2) is 48.1 Å². The molecule has 8 heteroatoms. The Bertz CT molecular complexity index is 1330. The van der Waals surface area contributed by atoms with Crippen LogP contribution in [0, 0.1) is 34.5 Å². The third kappa shape index (κ3) is 2.22. The zero-order chi connectivity index (χ0) is 23.6. The van der Waals surface area contributed by atoms with Gasteiger partial charge in [-0.1, -0.05) is 35.2 Å². The van der Waals surface area contributed by atoms with E-state index in [4.69, 9.17) is 4.84 Å². The second kappa shape index (κ2) is 6.23. The fourth-order valence-electron chi connectivity index (χ4n) is 8.40. The molecular formula is C26H27N3O5. The molecule has 2 N–H and O–H groups in total. The number of para-hydroxylation sites is 1. The van der Waals surface area contributed by atoms with Crippen molar-refractivity contribution in [1.29, 1.82) is 0 Å². The number of carbonyl (C=O) groups is 2. The molecule has 0 radical (unpaired) electrons. The third-order valence-electron chi connectivity index (χ3n) is 9.92. The van der Waals surface area contributed by atoms with Crippen LogP contribution >= 0.6 is 0 Å². The number of aromatic nitrogens is 3. The first kappa shape index (κ1) is 20.5. The normalized spacial score (nSPS) is 44.2. The number of ketones is 1. The van der Waals surface area contributed by atoms with Gasteiger partial charge >= 0.3 is 5.97 Å². The number of benzene rings is 1. The highest BCUT2D eigenvalue weighted by molar-refractivity contribution is 5.92. The molecule has 0 aliphatic heterocycles. The highest BCUT2D eigenvalue weighted by atomic mass is 16.7. The van der Waals surface area contributed by atoms with E-state index in [-0.39, 0.29) is 17.6 Å². The monoisotopic (exact) mass is 461 g/mol. The minimum absolute atomic E-state index is 0.00705. The zero-order valence-electron chi connectivity index (χ0n) is 19.0. The third-order valence-corrected chi connectivity index (χ3v) is 9.92. The maximum atomic E-state index is 14.0. The molecule has 0 amide bonds. The van der Waals surface area contributed by atoms with E-state index in [0.29, 0.717) is 36.7 Å². The van der Waals surface area contributed by atoms with Crippen molar-refractivity contribution in [3.05, 3.63) is 48.1 Å². The van der Waals surface area contributed by atoms with Gasteiger partial charge in [0.15, 0.2) is 0 Å². The standard InChI is InChI=1S/C26H27N3O5/c1-13-11-25-12-26(13,33)8-7-16(25)15-9-14-10-19(30)24(2,22(14)31)20(15)21(25)23(32)34-29-18-6-4-3-5-17(18)27-28-29/h3-6,9,14,16,20-22,31,33H,1,7-8,10-12H2,2H3/t14-,16-,20+,21+,22-,24-,25-,26-/m0/s1. The molecule has 4 fully saturated rings. The molecule has 1 aromatic carbocycles. The lowest BCUT2D eigenvalue weighted by Gasteiger charge is -2.42. The first-order chi connectivity index (χ1) is 16.2. The van der Waals surface area contributed by atoms with Gasteiger partial charge in [-0.3, -0.25) is 4.79 Å². The minimum atomic E-state index is -1.06. The Balaban J connectivity index is 1.38. The van der Waals surface area contributed by atoms with Crippen LogP contribution < -0.4 is 4.84 Å². The largest absolute Gasteiger partial charge is 0.391 e. The molecule has 5 aliphatic rings. The summed E-state index contributed by atoms with van der Waals surface area (Å²) in [7, 11) is 0. The number of Topliss-reactive ketones (excluding diaryl/α,β-unsaturated/α-hetero) is 1. The fraction of sp³-hybridized carbons (Fsp3) is 0.538. The summed E-state index contributed by atoms with van der Waals surface area (Å²) in [4.78, 5) is 34.3. The maximum absolute atomic E-state index is 14.0. The fourth-order valence-corrected chi connectivity index (χ4v) is 8.40. The first-order valence-corrected chi connectivity index (χ1v) is 12.1. The summed E-state index contributed by atoms with van der Waals surface area (Å²) in [6.07, 6.45) is 3.76. The van der Waals surface area contributed by atoms with Crippen molar-refractivity contribution in [2.75, 3.05) is 0 Å². The molecule has 176 valence electrons. The maximum Gasteiger partial charge on any atom is 0.339 e. The zero-order valence-corrected chi connectivity index (χ0v) is 19.0. The smallest absolute Gasteiger partial charge is 0.339 e. The molecule has 34 heavy (non-hydrogen) atoms. The number of aliphatic hydroxyl groups excluding tert-OH is 1. The number of hydrogen-bond acceptors (Lipinski definition) is 7. The lowest BCUT2D eigenvalue weighted by atomic mass is 9.61. The number of allylic oxidation sites excluding steroid dienone is 1. The van der Waals surface area contributed by atoms with Crippen molar-refractivity contribution in [2.24, 2.45) is 34.5 Å². The van der Waals surface area contributed by atoms with E-state index in [9.17, 15) is 19.8 Å². The van der Waals surface area contributed by atoms with E-state index in [1.165, 1.54) is 0 Å². The predicted octanol–water partition coefficient (Wildman–Crippen LogP) is 2.01. The molecule has 4 saturated carbocycles. The molecule has 2 aromatic rings. The van der Waals surface area contributed by atoms with Crippen molar-refractivity contribution < 1.29 is 24.6 Å². The quantitative estimate of drug-likeness (QED) is 0.519. The Morgan fingerprint density at radius 3 is 2.94 bits per heavy atom. The van der Waals surface area contributed by atoms with Crippen molar-refractivity contribution in [3.8, 4) is 0 Å². The second-order valence-corrected chi connectivity index (χ2v) is 11.3. The van der Waals surface area contributed by atoms with Crippen LogP contribution in [0.25, 0.3) is 11.0 Å². The minimum Gasteiger partial charge on any atom is -0.391 e. The molecule has 0 unspecified atom stereocenters. The van der Waals surface area contributed by atoms with Crippen LogP contribution in [0.1, 0.15) is 39.0 Å². The Kier molecular flexibility index (Phi) is 3.76. The van der Waals surface area contributed by atoms with Gasteiger partial charge in [-0.2, -0.15) is 0 Å². The SMILES string of the molecule is C=C1C[C@]23C[C@@]1(O)CC[C@H]2C1=C[C@H]2CC(=O)[C@@](C)([C@H]1[C@@H]3C(=O)On1nnc3ccccc31)[C@H]2O. The molecule has 1 spiro atoms. The Morgan fingerprint density at radius 1 is 1.32 bits per heavy atom. The summed E-state index contributed by atoms with van der Waals surface area (Å²) in [5, 5.41) is 30.6. The number of hydrogen-bond donors (Lipinski definition) is 2. The van der Waals surface area contributed by atoms with Crippen LogP contribution in [0.3, 0.4) is 0 Å². The highest BCUT2D eigenvalue weighted by Gasteiger charge is 2.75. The number of aliphatic hydroxyl groups is 2. The van der Waals surface area contributed by atoms with Crippen molar-refractivity contribution in [1.82, 2.24) is 15.2 Å². The molecular weight excluding hydrogens is 434 g/mol. The van der Waals surface area contributed by atoms with Gasteiger partial charge in [0.1, 0.15) is 16.8 Å². The second-order valence-electron chi connectivity index (χ2n) is 11.3. The molecule has 1 aromatic heterocycles.